The van der Waals surface area contributed by atoms with Crippen molar-refractivity contribution in [3.63, 3.8) is 0 Å². The standard InChI is InChI=1S/C17H33N3/c1-14-12-18-17(2,16-4-5-16)13-20(14)11-8-15-6-9-19(3)10-7-15/h14-16,18H,4-13H2,1-3H3. The van der Waals surface area contributed by atoms with Gasteiger partial charge in [-0.05, 0) is 84.5 Å². The van der Waals surface area contributed by atoms with E-state index in [0.717, 1.165) is 11.8 Å². The molecular weight excluding hydrogens is 246 g/mol. The van der Waals surface area contributed by atoms with E-state index in [1.807, 2.05) is 0 Å². The van der Waals surface area contributed by atoms with Crippen LogP contribution in [0.15, 0.2) is 0 Å². The quantitative estimate of drug-likeness (QED) is 0.851. The minimum atomic E-state index is 0.402. The molecule has 3 nitrogen and oxygen atoms in total. The van der Waals surface area contributed by atoms with Crippen molar-refractivity contribution in [1.29, 1.82) is 0 Å². The molecule has 2 unspecified atom stereocenters. The predicted molar refractivity (Wildman–Crippen MR) is 85.0 cm³/mol. The van der Waals surface area contributed by atoms with E-state index in [2.05, 4.69) is 36.0 Å². The van der Waals surface area contributed by atoms with E-state index in [0.29, 0.717) is 11.6 Å². The lowest BCUT2D eigenvalue weighted by atomic mass is 9.89. The largest absolute Gasteiger partial charge is 0.308 e. The maximum Gasteiger partial charge on any atom is 0.0309 e. The second kappa shape index (κ2) is 5.94. The Morgan fingerprint density at radius 3 is 2.50 bits per heavy atom. The summed E-state index contributed by atoms with van der Waals surface area (Å²) < 4.78 is 0. The van der Waals surface area contributed by atoms with Crippen LogP contribution in [0.4, 0.5) is 0 Å². The molecule has 2 heterocycles. The van der Waals surface area contributed by atoms with Crippen molar-refractivity contribution in [3.05, 3.63) is 0 Å². The Kier molecular flexibility index (Phi) is 4.40. The van der Waals surface area contributed by atoms with Crippen molar-refractivity contribution in [2.75, 3.05) is 39.8 Å². The molecule has 3 rings (SSSR count). The van der Waals surface area contributed by atoms with Gasteiger partial charge in [0.2, 0.25) is 0 Å². The molecule has 1 aliphatic carbocycles. The van der Waals surface area contributed by atoms with Gasteiger partial charge in [0.1, 0.15) is 0 Å². The fourth-order valence-corrected chi connectivity index (χ4v) is 4.14. The van der Waals surface area contributed by atoms with E-state index >= 15 is 0 Å². The normalized spacial score (nSPS) is 38.2. The Hall–Kier alpha value is -0.120. The van der Waals surface area contributed by atoms with Crippen molar-refractivity contribution >= 4 is 0 Å². The fourth-order valence-electron chi connectivity index (χ4n) is 4.14. The zero-order chi connectivity index (χ0) is 14.2. The Balaban J connectivity index is 1.48. The van der Waals surface area contributed by atoms with Gasteiger partial charge in [0, 0.05) is 24.7 Å². The molecule has 2 aliphatic heterocycles. The SMILES string of the molecule is CC1CNC(C)(C2CC2)CN1CCC1CCN(C)CC1. The zero-order valence-corrected chi connectivity index (χ0v) is 13.7. The van der Waals surface area contributed by atoms with Crippen LogP contribution in [-0.2, 0) is 0 Å². The van der Waals surface area contributed by atoms with Gasteiger partial charge in [-0.3, -0.25) is 4.90 Å². The number of piperazine rings is 1. The van der Waals surface area contributed by atoms with Crippen molar-refractivity contribution in [1.82, 2.24) is 15.1 Å². The van der Waals surface area contributed by atoms with Gasteiger partial charge in [0.05, 0.1) is 0 Å². The van der Waals surface area contributed by atoms with Gasteiger partial charge in [-0.15, -0.1) is 0 Å². The molecule has 3 fully saturated rings. The number of nitrogens with one attached hydrogen (secondary N) is 1. The first-order valence-electron chi connectivity index (χ1n) is 8.74. The zero-order valence-electron chi connectivity index (χ0n) is 13.7. The maximum absolute atomic E-state index is 3.83. The molecule has 1 saturated carbocycles. The van der Waals surface area contributed by atoms with Crippen molar-refractivity contribution in [2.45, 2.75) is 57.5 Å². The van der Waals surface area contributed by atoms with Crippen LogP contribution in [-0.4, -0.2) is 61.2 Å². The summed E-state index contributed by atoms with van der Waals surface area (Å²) in [7, 11) is 2.26. The molecule has 3 aliphatic rings. The third-order valence-electron chi connectivity index (χ3n) is 6.10. The number of piperidine rings is 1. The van der Waals surface area contributed by atoms with E-state index in [1.54, 1.807) is 0 Å². The molecule has 0 spiro atoms. The topological polar surface area (TPSA) is 18.5 Å². The van der Waals surface area contributed by atoms with E-state index in [1.165, 1.54) is 64.8 Å². The summed E-state index contributed by atoms with van der Waals surface area (Å²) in [5.41, 5.74) is 0.402. The van der Waals surface area contributed by atoms with Crippen LogP contribution in [0.5, 0.6) is 0 Å². The van der Waals surface area contributed by atoms with E-state index in [4.69, 9.17) is 0 Å². The first kappa shape index (κ1) is 14.8. The Morgan fingerprint density at radius 1 is 1.15 bits per heavy atom. The van der Waals surface area contributed by atoms with Crippen LogP contribution in [0.2, 0.25) is 0 Å². The highest BCUT2D eigenvalue weighted by atomic mass is 15.3. The Bertz CT molecular complexity index is 320. The molecule has 2 saturated heterocycles. The molecule has 116 valence electrons. The lowest BCUT2D eigenvalue weighted by Crippen LogP contribution is -2.63. The van der Waals surface area contributed by atoms with Crippen LogP contribution in [0.3, 0.4) is 0 Å². The lowest BCUT2D eigenvalue weighted by Gasteiger charge is -2.46. The van der Waals surface area contributed by atoms with Crippen molar-refractivity contribution < 1.29 is 0 Å². The summed E-state index contributed by atoms with van der Waals surface area (Å²) in [5.74, 6) is 1.92. The summed E-state index contributed by atoms with van der Waals surface area (Å²) in [6, 6.07) is 0.716. The third kappa shape index (κ3) is 3.37. The van der Waals surface area contributed by atoms with Crippen LogP contribution in [0.25, 0.3) is 0 Å². The minimum absolute atomic E-state index is 0.402. The highest BCUT2D eigenvalue weighted by Crippen LogP contribution is 2.41. The average molecular weight is 279 g/mol. The number of nitrogens with zero attached hydrogens (tertiary/aromatic N) is 2. The second-order valence-electron chi connectivity index (χ2n) is 7.93. The van der Waals surface area contributed by atoms with E-state index in [9.17, 15) is 0 Å². The predicted octanol–water partition coefficient (Wildman–Crippen LogP) is 2.18. The minimum Gasteiger partial charge on any atom is -0.308 e. The van der Waals surface area contributed by atoms with Crippen LogP contribution >= 0.6 is 0 Å². The summed E-state index contributed by atoms with van der Waals surface area (Å²) in [4.78, 5) is 5.25. The molecule has 0 bridgehead atoms. The first-order chi connectivity index (χ1) is 9.57. The monoisotopic (exact) mass is 279 g/mol. The van der Waals surface area contributed by atoms with Gasteiger partial charge in [-0.1, -0.05) is 0 Å². The van der Waals surface area contributed by atoms with E-state index in [-0.39, 0.29) is 0 Å². The summed E-state index contributed by atoms with van der Waals surface area (Å²) in [5, 5.41) is 3.83. The second-order valence-corrected chi connectivity index (χ2v) is 7.93. The molecular formula is C17H33N3. The summed E-state index contributed by atoms with van der Waals surface area (Å²) in [6.45, 7) is 11.2. The maximum atomic E-state index is 3.83. The van der Waals surface area contributed by atoms with Crippen LogP contribution in [0, 0.1) is 11.8 Å². The van der Waals surface area contributed by atoms with Gasteiger partial charge in [0.15, 0.2) is 0 Å². The molecule has 20 heavy (non-hydrogen) atoms. The van der Waals surface area contributed by atoms with Crippen LogP contribution in [0.1, 0.15) is 46.0 Å². The van der Waals surface area contributed by atoms with E-state index < -0.39 is 0 Å². The molecule has 2 atom stereocenters. The Morgan fingerprint density at radius 2 is 1.85 bits per heavy atom. The molecule has 0 aromatic rings. The van der Waals surface area contributed by atoms with Gasteiger partial charge < -0.3 is 10.2 Å². The highest BCUT2D eigenvalue weighted by Gasteiger charge is 2.45. The van der Waals surface area contributed by atoms with Crippen molar-refractivity contribution in [3.8, 4) is 0 Å². The van der Waals surface area contributed by atoms with Gasteiger partial charge in [0.25, 0.3) is 0 Å². The fraction of sp³-hybridized carbons (Fsp3) is 1.00. The third-order valence-corrected chi connectivity index (χ3v) is 6.10. The van der Waals surface area contributed by atoms with Gasteiger partial charge in [-0.2, -0.15) is 0 Å². The number of hydrogen-bond acceptors (Lipinski definition) is 3. The average Bonchev–Trinajstić information content (AvgIpc) is 3.27. The number of hydrogen-bond donors (Lipinski definition) is 1. The summed E-state index contributed by atoms with van der Waals surface area (Å²) >= 11 is 0. The first-order valence-corrected chi connectivity index (χ1v) is 8.74. The summed E-state index contributed by atoms with van der Waals surface area (Å²) in [6.07, 6.45) is 7.13. The highest BCUT2D eigenvalue weighted by molar-refractivity contribution is 5.03. The van der Waals surface area contributed by atoms with Gasteiger partial charge >= 0.3 is 0 Å². The van der Waals surface area contributed by atoms with Crippen LogP contribution < -0.4 is 5.32 Å². The lowest BCUT2D eigenvalue weighted by molar-refractivity contribution is 0.0737. The molecule has 1 N–H and O–H groups in total. The van der Waals surface area contributed by atoms with Crippen molar-refractivity contribution in [2.24, 2.45) is 11.8 Å². The molecule has 0 aromatic heterocycles. The smallest absolute Gasteiger partial charge is 0.0309 e. The Labute approximate surface area is 125 Å². The number of likely N-dealkylation sites (tertiary alicyclic amines) is 1. The number of rotatable bonds is 4. The molecule has 3 heteroatoms. The molecule has 0 radical (unpaired) electrons. The van der Waals surface area contributed by atoms with Gasteiger partial charge in [-0.25, -0.2) is 0 Å². The molecule has 0 aromatic carbocycles. The molecule has 0 amide bonds.